The third kappa shape index (κ3) is 2.81. The Kier molecular flexibility index (Phi) is 4.15. The first-order valence-electron chi connectivity index (χ1n) is 9.54. The number of nitrogens with zero attached hydrogens (tertiary/aromatic N) is 2. The molecule has 0 fully saturated rings. The van der Waals surface area contributed by atoms with E-state index in [4.69, 9.17) is 13.9 Å². The molecule has 5 heteroatoms. The van der Waals surface area contributed by atoms with E-state index < -0.39 is 0 Å². The minimum Gasteiger partial charge on any atom is -0.497 e. The van der Waals surface area contributed by atoms with Crippen molar-refractivity contribution in [3.8, 4) is 17.6 Å². The zero-order valence-corrected chi connectivity index (χ0v) is 16.4. The Morgan fingerprint density at radius 3 is 2.59 bits per heavy atom. The lowest BCUT2D eigenvalue weighted by molar-refractivity contribution is 0.0912. The van der Waals surface area contributed by atoms with Gasteiger partial charge in [-0.3, -0.25) is 4.90 Å². The number of fused-ring (bicyclic) bond motifs is 6. The summed E-state index contributed by atoms with van der Waals surface area (Å²) in [6.07, 6.45) is 0. The van der Waals surface area contributed by atoms with Crippen LogP contribution in [0.15, 0.2) is 52.9 Å². The van der Waals surface area contributed by atoms with Gasteiger partial charge in [-0.2, -0.15) is 5.26 Å². The van der Waals surface area contributed by atoms with Crippen LogP contribution < -0.4 is 9.47 Å². The molecule has 3 aromatic carbocycles. The lowest BCUT2D eigenvalue weighted by Crippen LogP contribution is -2.31. The Balaban J connectivity index is 1.60. The average molecular weight is 384 g/mol. The molecule has 29 heavy (non-hydrogen) atoms. The summed E-state index contributed by atoms with van der Waals surface area (Å²) < 4.78 is 17.5. The third-order valence-electron chi connectivity index (χ3n) is 5.58. The van der Waals surface area contributed by atoms with Crippen LogP contribution in [0.25, 0.3) is 21.7 Å². The summed E-state index contributed by atoms with van der Waals surface area (Å²) >= 11 is 0. The van der Waals surface area contributed by atoms with Crippen LogP contribution in [0.3, 0.4) is 0 Å². The number of rotatable bonds is 3. The topological polar surface area (TPSA) is 58.6 Å². The first-order valence-corrected chi connectivity index (χ1v) is 9.54. The minimum absolute atomic E-state index is 0.367. The molecule has 0 N–H and O–H groups in total. The molecule has 0 aliphatic carbocycles. The molecule has 4 aromatic rings. The number of ether oxygens (including phenoxy) is 2. The second-order valence-corrected chi connectivity index (χ2v) is 7.33. The summed E-state index contributed by atoms with van der Waals surface area (Å²) in [5, 5.41) is 12.5. The van der Waals surface area contributed by atoms with Gasteiger partial charge in [0.05, 0.1) is 7.11 Å². The highest BCUT2D eigenvalue weighted by molar-refractivity contribution is 6.11. The molecule has 0 spiro atoms. The van der Waals surface area contributed by atoms with Gasteiger partial charge in [0.25, 0.3) is 0 Å². The predicted molar refractivity (Wildman–Crippen MR) is 111 cm³/mol. The minimum atomic E-state index is 0.367. The van der Waals surface area contributed by atoms with E-state index in [1.165, 1.54) is 5.56 Å². The lowest BCUT2D eigenvalue weighted by Gasteiger charge is -2.30. The Morgan fingerprint density at radius 2 is 1.86 bits per heavy atom. The molecule has 0 saturated heterocycles. The highest BCUT2D eigenvalue weighted by Crippen LogP contribution is 2.43. The maximum absolute atomic E-state index is 9.49. The first-order chi connectivity index (χ1) is 14.2. The van der Waals surface area contributed by atoms with Gasteiger partial charge in [0.15, 0.2) is 0 Å². The first kappa shape index (κ1) is 17.6. The van der Waals surface area contributed by atoms with Gasteiger partial charge in [-0.1, -0.05) is 36.4 Å². The van der Waals surface area contributed by atoms with Gasteiger partial charge in [0.2, 0.25) is 5.76 Å². The largest absolute Gasteiger partial charge is 0.497 e. The number of methoxy groups -OCH3 is 1. The van der Waals surface area contributed by atoms with Crippen molar-refractivity contribution in [3.05, 3.63) is 71.0 Å². The molecule has 144 valence electrons. The molecule has 1 aliphatic heterocycles. The summed E-state index contributed by atoms with van der Waals surface area (Å²) in [5.74, 6) is 2.11. The van der Waals surface area contributed by atoms with Crippen LogP contribution in [0.4, 0.5) is 0 Å². The van der Waals surface area contributed by atoms with Crippen molar-refractivity contribution in [1.29, 1.82) is 5.26 Å². The molecule has 1 aromatic heterocycles. The quantitative estimate of drug-likeness (QED) is 0.490. The average Bonchev–Trinajstić information content (AvgIpc) is 3.11. The van der Waals surface area contributed by atoms with Crippen LogP contribution >= 0.6 is 0 Å². The van der Waals surface area contributed by atoms with E-state index >= 15 is 0 Å². The number of benzene rings is 3. The van der Waals surface area contributed by atoms with Gasteiger partial charge in [-0.15, -0.1) is 0 Å². The van der Waals surface area contributed by atoms with E-state index in [1.54, 1.807) is 7.11 Å². The van der Waals surface area contributed by atoms with Crippen LogP contribution in [-0.4, -0.2) is 18.7 Å². The van der Waals surface area contributed by atoms with Gasteiger partial charge >= 0.3 is 0 Å². The zero-order chi connectivity index (χ0) is 20.0. The van der Waals surface area contributed by atoms with Gasteiger partial charge in [-0.05, 0) is 24.6 Å². The summed E-state index contributed by atoms with van der Waals surface area (Å²) in [6, 6.07) is 18.3. The lowest BCUT2D eigenvalue weighted by atomic mass is 9.97. The Hall–Kier alpha value is -3.49. The van der Waals surface area contributed by atoms with Gasteiger partial charge in [0.1, 0.15) is 29.9 Å². The second kappa shape index (κ2) is 6.84. The van der Waals surface area contributed by atoms with E-state index in [0.717, 1.165) is 57.5 Å². The van der Waals surface area contributed by atoms with Crippen molar-refractivity contribution in [2.45, 2.75) is 20.0 Å². The van der Waals surface area contributed by atoms with Crippen LogP contribution in [0, 0.1) is 18.3 Å². The number of nitriles is 1. The summed E-state index contributed by atoms with van der Waals surface area (Å²) in [4.78, 5) is 2.25. The maximum Gasteiger partial charge on any atom is 0.207 e. The molecular weight excluding hydrogens is 364 g/mol. The molecule has 0 saturated carbocycles. The molecule has 0 radical (unpaired) electrons. The normalized spacial score (nSPS) is 13.8. The Morgan fingerprint density at radius 1 is 1.10 bits per heavy atom. The summed E-state index contributed by atoms with van der Waals surface area (Å²) in [7, 11) is 1.67. The van der Waals surface area contributed by atoms with Crippen molar-refractivity contribution in [1.82, 2.24) is 4.90 Å². The molecular formula is C24H20N2O3. The van der Waals surface area contributed by atoms with E-state index in [1.807, 2.05) is 37.3 Å². The number of hydrogen-bond acceptors (Lipinski definition) is 5. The van der Waals surface area contributed by atoms with Crippen molar-refractivity contribution in [2.24, 2.45) is 0 Å². The van der Waals surface area contributed by atoms with Gasteiger partial charge in [-0.25, -0.2) is 0 Å². The highest BCUT2D eigenvalue weighted by atomic mass is 16.5. The van der Waals surface area contributed by atoms with Crippen molar-refractivity contribution < 1.29 is 13.9 Å². The molecule has 0 atom stereocenters. The summed E-state index contributed by atoms with van der Waals surface area (Å²) in [6.45, 7) is 3.95. The molecule has 5 nitrogen and oxygen atoms in total. The van der Waals surface area contributed by atoms with Gasteiger partial charge in [0, 0.05) is 40.4 Å². The molecule has 2 heterocycles. The SMILES string of the molecule is COc1ccc(CN2COc3c(c4c(C)c(C#N)oc4c4ccccc34)C2)cc1. The highest BCUT2D eigenvalue weighted by Gasteiger charge is 2.27. The molecule has 0 unspecified atom stereocenters. The fourth-order valence-corrected chi connectivity index (χ4v) is 4.16. The van der Waals surface area contributed by atoms with E-state index in [2.05, 4.69) is 29.2 Å². The molecule has 0 bridgehead atoms. The van der Waals surface area contributed by atoms with Crippen molar-refractivity contribution in [3.63, 3.8) is 0 Å². The molecule has 0 amide bonds. The molecule has 1 aliphatic rings. The standard InChI is InChI=1S/C24H20N2O3/c1-15-21(11-25)29-24-19-6-4-3-5-18(19)23-20(22(15)24)13-26(14-28-23)12-16-7-9-17(27-2)10-8-16/h3-10H,12-14H2,1-2H3. The monoisotopic (exact) mass is 384 g/mol. The van der Waals surface area contributed by atoms with Crippen LogP contribution in [0.5, 0.6) is 11.5 Å². The smallest absolute Gasteiger partial charge is 0.207 e. The Labute approximate surface area is 168 Å². The number of hydrogen-bond donors (Lipinski definition) is 0. The van der Waals surface area contributed by atoms with Crippen molar-refractivity contribution >= 4 is 21.7 Å². The van der Waals surface area contributed by atoms with E-state index in [9.17, 15) is 5.26 Å². The second-order valence-electron chi connectivity index (χ2n) is 7.33. The zero-order valence-electron chi connectivity index (χ0n) is 16.4. The van der Waals surface area contributed by atoms with Crippen molar-refractivity contribution in [2.75, 3.05) is 13.8 Å². The third-order valence-corrected chi connectivity index (χ3v) is 5.58. The van der Waals surface area contributed by atoms with Crippen LogP contribution in [0.2, 0.25) is 0 Å². The predicted octanol–water partition coefficient (Wildman–Crippen LogP) is 5.13. The maximum atomic E-state index is 9.49. The fourth-order valence-electron chi connectivity index (χ4n) is 4.16. The summed E-state index contributed by atoms with van der Waals surface area (Å²) in [5.41, 5.74) is 3.92. The number of furan rings is 1. The molecule has 5 rings (SSSR count). The Bertz CT molecular complexity index is 1270. The fraction of sp³-hybridized carbons (Fsp3) is 0.208. The van der Waals surface area contributed by atoms with E-state index in [-0.39, 0.29) is 0 Å². The number of aryl methyl sites for hydroxylation is 1. The van der Waals surface area contributed by atoms with Gasteiger partial charge < -0.3 is 13.9 Å². The van der Waals surface area contributed by atoms with Crippen LogP contribution in [-0.2, 0) is 13.1 Å². The van der Waals surface area contributed by atoms with Crippen LogP contribution in [0.1, 0.15) is 22.5 Å². The van der Waals surface area contributed by atoms with E-state index in [0.29, 0.717) is 12.5 Å².